The van der Waals surface area contributed by atoms with E-state index in [2.05, 4.69) is 58.3 Å². The summed E-state index contributed by atoms with van der Waals surface area (Å²) in [6.07, 6.45) is 2.40. The number of nitrogens with zero attached hydrogens (tertiary/aromatic N) is 4. The lowest BCUT2D eigenvalue weighted by Crippen LogP contribution is -2.23. The zero-order valence-corrected chi connectivity index (χ0v) is 12.9. The molecule has 0 amide bonds. The number of likely N-dealkylation sites (tertiary alicyclic amines) is 1. The smallest absolute Gasteiger partial charge is 0.223 e. The molecule has 21 heavy (non-hydrogen) atoms. The van der Waals surface area contributed by atoms with E-state index in [1.165, 1.54) is 24.1 Å². The van der Waals surface area contributed by atoms with Crippen molar-refractivity contribution < 1.29 is 4.52 Å². The van der Waals surface area contributed by atoms with Gasteiger partial charge in [-0.3, -0.25) is 4.90 Å². The van der Waals surface area contributed by atoms with E-state index in [1.54, 1.807) is 0 Å². The van der Waals surface area contributed by atoms with Crippen molar-refractivity contribution in [1.82, 2.24) is 15.0 Å². The summed E-state index contributed by atoms with van der Waals surface area (Å²) in [5.74, 6) is 1.42. The topological polar surface area (TPSA) is 45.4 Å². The highest BCUT2D eigenvalue weighted by atomic mass is 16.5. The van der Waals surface area contributed by atoms with Crippen LogP contribution in [0.1, 0.15) is 36.2 Å². The molecule has 1 atom stereocenters. The molecule has 0 N–H and O–H groups in total. The second-order valence-corrected chi connectivity index (χ2v) is 5.85. The van der Waals surface area contributed by atoms with Crippen molar-refractivity contribution in [3.63, 3.8) is 0 Å². The van der Waals surface area contributed by atoms with Crippen LogP contribution in [0, 0.1) is 6.92 Å². The fourth-order valence-corrected chi connectivity index (χ4v) is 2.99. The second kappa shape index (κ2) is 5.85. The van der Waals surface area contributed by atoms with E-state index in [9.17, 15) is 0 Å². The number of anilines is 1. The van der Waals surface area contributed by atoms with Crippen LogP contribution in [-0.4, -0.2) is 35.7 Å². The summed E-state index contributed by atoms with van der Waals surface area (Å²) < 4.78 is 5.07. The molecule has 1 fully saturated rings. The molecular weight excluding hydrogens is 264 g/mol. The monoisotopic (exact) mass is 286 g/mol. The average molecular weight is 286 g/mol. The fraction of sp³-hybridized carbons (Fsp3) is 0.500. The normalized spacial score (nSPS) is 19.1. The molecule has 112 valence electrons. The zero-order chi connectivity index (χ0) is 14.8. The molecule has 0 saturated carbocycles. The van der Waals surface area contributed by atoms with Gasteiger partial charge >= 0.3 is 0 Å². The quantitative estimate of drug-likeness (QED) is 0.865. The summed E-state index contributed by atoms with van der Waals surface area (Å²) in [7, 11) is 4.15. The molecule has 0 spiro atoms. The maximum atomic E-state index is 5.07. The van der Waals surface area contributed by atoms with E-state index in [1.807, 2.05) is 6.92 Å². The van der Waals surface area contributed by atoms with E-state index in [0.717, 1.165) is 18.9 Å². The number of hydrogen-bond donors (Lipinski definition) is 0. The minimum absolute atomic E-state index is 0.448. The highest BCUT2D eigenvalue weighted by molar-refractivity contribution is 5.48. The van der Waals surface area contributed by atoms with Gasteiger partial charge in [0.05, 0.1) is 6.54 Å². The Morgan fingerprint density at radius 2 is 2.24 bits per heavy atom. The zero-order valence-electron chi connectivity index (χ0n) is 12.9. The van der Waals surface area contributed by atoms with Crippen LogP contribution in [-0.2, 0) is 6.54 Å². The van der Waals surface area contributed by atoms with Crippen LogP contribution < -0.4 is 4.90 Å². The van der Waals surface area contributed by atoms with E-state index in [-0.39, 0.29) is 0 Å². The predicted molar refractivity (Wildman–Crippen MR) is 82.2 cm³/mol. The third kappa shape index (κ3) is 3.08. The van der Waals surface area contributed by atoms with Crippen LogP contribution in [0.15, 0.2) is 28.8 Å². The minimum atomic E-state index is 0.448. The fourth-order valence-electron chi connectivity index (χ4n) is 2.99. The molecule has 1 aromatic carbocycles. The van der Waals surface area contributed by atoms with E-state index in [4.69, 9.17) is 4.52 Å². The first-order chi connectivity index (χ1) is 10.1. The Labute approximate surface area is 125 Å². The summed E-state index contributed by atoms with van der Waals surface area (Å²) in [6, 6.07) is 9.23. The summed E-state index contributed by atoms with van der Waals surface area (Å²) in [4.78, 5) is 8.91. The molecule has 5 heteroatoms. The van der Waals surface area contributed by atoms with E-state index in [0.29, 0.717) is 11.9 Å². The molecule has 3 rings (SSSR count). The van der Waals surface area contributed by atoms with Crippen LogP contribution in [0.4, 0.5) is 5.69 Å². The van der Waals surface area contributed by atoms with Gasteiger partial charge in [-0.05, 0) is 37.1 Å². The van der Waals surface area contributed by atoms with Crippen molar-refractivity contribution in [2.75, 3.05) is 25.5 Å². The Bertz CT molecular complexity index is 608. The number of aromatic nitrogens is 2. The lowest BCUT2D eigenvalue weighted by Gasteiger charge is -2.24. The van der Waals surface area contributed by atoms with Crippen molar-refractivity contribution in [1.29, 1.82) is 0 Å². The highest BCUT2D eigenvalue weighted by Gasteiger charge is 2.27. The molecule has 1 aliphatic heterocycles. The van der Waals surface area contributed by atoms with Gasteiger partial charge in [0.25, 0.3) is 0 Å². The van der Waals surface area contributed by atoms with Crippen LogP contribution in [0.25, 0.3) is 0 Å². The molecule has 0 unspecified atom stereocenters. The minimum Gasteiger partial charge on any atom is -0.378 e. The van der Waals surface area contributed by atoms with Gasteiger partial charge in [0, 0.05) is 32.7 Å². The predicted octanol–water partition coefficient (Wildman–Crippen LogP) is 2.78. The maximum Gasteiger partial charge on any atom is 0.223 e. The van der Waals surface area contributed by atoms with Gasteiger partial charge < -0.3 is 9.42 Å². The van der Waals surface area contributed by atoms with Gasteiger partial charge in [-0.25, -0.2) is 0 Å². The van der Waals surface area contributed by atoms with Gasteiger partial charge in [-0.1, -0.05) is 17.3 Å². The molecule has 1 saturated heterocycles. The first-order valence-corrected chi connectivity index (χ1v) is 7.44. The lowest BCUT2D eigenvalue weighted by atomic mass is 10.0. The lowest BCUT2D eigenvalue weighted by molar-refractivity contribution is 0.238. The maximum absolute atomic E-state index is 5.07. The van der Waals surface area contributed by atoms with Crippen molar-refractivity contribution >= 4 is 5.69 Å². The number of rotatable bonds is 4. The molecule has 0 aliphatic carbocycles. The summed E-state index contributed by atoms with van der Waals surface area (Å²) in [5, 5.41) is 4.02. The molecule has 0 radical (unpaired) electrons. The largest absolute Gasteiger partial charge is 0.378 e. The standard InChI is InChI=1S/C16H22N4O/c1-12-17-16(18-21-12)11-20-9-5-8-15(20)13-6-4-7-14(10-13)19(2)3/h4,6-7,10,15H,5,8-9,11H2,1-3H3/t15-/m0/s1. The Hall–Kier alpha value is -1.88. The van der Waals surface area contributed by atoms with Gasteiger partial charge in [0.1, 0.15) is 0 Å². The first-order valence-electron chi connectivity index (χ1n) is 7.44. The molecule has 1 aliphatic rings. The van der Waals surface area contributed by atoms with Crippen molar-refractivity contribution in [3.05, 3.63) is 41.5 Å². The summed E-state index contributed by atoms with van der Waals surface area (Å²) in [6.45, 7) is 3.68. The van der Waals surface area contributed by atoms with Crippen LogP contribution >= 0.6 is 0 Å². The number of benzene rings is 1. The summed E-state index contributed by atoms with van der Waals surface area (Å²) in [5.41, 5.74) is 2.62. The molecule has 0 bridgehead atoms. The van der Waals surface area contributed by atoms with Gasteiger partial charge in [-0.15, -0.1) is 0 Å². The third-order valence-electron chi connectivity index (χ3n) is 4.05. The van der Waals surface area contributed by atoms with Gasteiger partial charge in [0.2, 0.25) is 5.89 Å². The molecule has 1 aromatic heterocycles. The molecule has 5 nitrogen and oxygen atoms in total. The second-order valence-electron chi connectivity index (χ2n) is 5.85. The van der Waals surface area contributed by atoms with Gasteiger partial charge in [0.15, 0.2) is 5.82 Å². The van der Waals surface area contributed by atoms with Crippen molar-refractivity contribution in [2.45, 2.75) is 32.4 Å². The molecule has 2 aromatic rings. The van der Waals surface area contributed by atoms with Gasteiger partial charge in [-0.2, -0.15) is 4.98 Å². The van der Waals surface area contributed by atoms with E-state index < -0.39 is 0 Å². The Morgan fingerprint density at radius 1 is 1.38 bits per heavy atom. The van der Waals surface area contributed by atoms with E-state index >= 15 is 0 Å². The van der Waals surface area contributed by atoms with Crippen molar-refractivity contribution in [2.24, 2.45) is 0 Å². The molecule has 2 heterocycles. The van der Waals surface area contributed by atoms with Crippen LogP contribution in [0.3, 0.4) is 0 Å². The van der Waals surface area contributed by atoms with Crippen LogP contribution in [0.5, 0.6) is 0 Å². The Morgan fingerprint density at radius 3 is 2.95 bits per heavy atom. The third-order valence-corrected chi connectivity index (χ3v) is 4.05. The first kappa shape index (κ1) is 14.1. The number of hydrogen-bond acceptors (Lipinski definition) is 5. The van der Waals surface area contributed by atoms with Crippen molar-refractivity contribution in [3.8, 4) is 0 Å². The Kier molecular flexibility index (Phi) is 3.92. The average Bonchev–Trinajstić information content (AvgIpc) is 3.09. The van der Waals surface area contributed by atoms with Crippen LogP contribution in [0.2, 0.25) is 0 Å². The number of aryl methyl sites for hydroxylation is 1. The SMILES string of the molecule is Cc1nc(CN2CCC[C@H]2c2cccc(N(C)C)c2)no1. The molecular formula is C16H22N4O. The summed E-state index contributed by atoms with van der Waals surface area (Å²) >= 11 is 0. The highest BCUT2D eigenvalue weighted by Crippen LogP contribution is 2.34. The Balaban J connectivity index is 1.78.